The third-order valence-corrected chi connectivity index (χ3v) is 6.49. The van der Waals surface area contributed by atoms with Gasteiger partial charge in [0.1, 0.15) is 5.82 Å². The number of anilines is 1. The van der Waals surface area contributed by atoms with Gasteiger partial charge in [-0.05, 0) is 80.3 Å². The third-order valence-electron chi connectivity index (χ3n) is 4.84. The van der Waals surface area contributed by atoms with E-state index in [1.165, 1.54) is 36.4 Å². The zero-order valence-corrected chi connectivity index (χ0v) is 19.1. The highest BCUT2D eigenvalue weighted by Crippen LogP contribution is 2.20. The Morgan fingerprint density at radius 1 is 1.03 bits per heavy atom. The van der Waals surface area contributed by atoms with Gasteiger partial charge in [0, 0.05) is 22.8 Å². The largest absolute Gasteiger partial charge is 0.350 e. The Morgan fingerprint density at radius 2 is 1.69 bits per heavy atom. The molecule has 0 spiro atoms. The van der Waals surface area contributed by atoms with Gasteiger partial charge in [-0.15, -0.1) is 0 Å². The number of carbonyl (C=O) groups excluding carboxylic acids is 1. The summed E-state index contributed by atoms with van der Waals surface area (Å²) in [5, 5.41) is 3.32. The number of nitrogens with one attached hydrogen (secondary N) is 2. The van der Waals surface area contributed by atoms with Gasteiger partial charge in [0.05, 0.1) is 10.9 Å². The highest BCUT2D eigenvalue weighted by Gasteiger charge is 2.18. The van der Waals surface area contributed by atoms with Crippen LogP contribution in [0.25, 0.3) is 0 Å². The fourth-order valence-corrected chi connectivity index (χ4v) is 4.31. The molecule has 1 unspecified atom stereocenters. The van der Waals surface area contributed by atoms with Crippen LogP contribution in [0.5, 0.6) is 0 Å². The van der Waals surface area contributed by atoms with Gasteiger partial charge in [0.2, 0.25) is 0 Å². The lowest BCUT2D eigenvalue weighted by molar-refractivity contribution is 0.0942. The van der Waals surface area contributed by atoms with E-state index in [0.29, 0.717) is 16.3 Å². The predicted octanol–water partition coefficient (Wildman–Crippen LogP) is 4.31. The number of rotatable bonds is 8. The van der Waals surface area contributed by atoms with Crippen molar-refractivity contribution in [1.82, 2.24) is 10.2 Å². The minimum absolute atomic E-state index is 0.0231. The van der Waals surface area contributed by atoms with Gasteiger partial charge in [-0.3, -0.25) is 9.52 Å². The molecule has 0 aliphatic rings. The lowest BCUT2D eigenvalue weighted by Crippen LogP contribution is -2.34. The molecule has 0 bridgehead atoms. The van der Waals surface area contributed by atoms with Crippen LogP contribution in [0.15, 0.2) is 77.7 Å². The van der Waals surface area contributed by atoms with Crippen molar-refractivity contribution in [2.75, 3.05) is 25.4 Å². The van der Waals surface area contributed by atoms with Crippen LogP contribution in [0.1, 0.15) is 22.0 Å². The van der Waals surface area contributed by atoms with Gasteiger partial charge in [0.15, 0.2) is 0 Å². The van der Waals surface area contributed by atoms with Crippen LogP contribution >= 0.6 is 11.6 Å². The maximum absolute atomic E-state index is 13.6. The van der Waals surface area contributed by atoms with Crippen molar-refractivity contribution in [3.05, 3.63) is 94.8 Å². The van der Waals surface area contributed by atoms with Gasteiger partial charge in [0.25, 0.3) is 15.9 Å². The van der Waals surface area contributed by atoms with Gasteiger partial charge in [-0.1, -0.05) is 23.7 Å². The molecule has 3 aromatic rings. The molecule has 0 aliphatic carbocycles. The smallest absolute Gasteiger partial charge is 0.261 e. The molecule has 9 heteroatoms. The number of amides is 1. The number of sulfonamides is 1. The van der Waals surface area contributed by atoms with Crippen LogP contribution in [0.3, 0.4) is 0 Å². The van der Waals surface area contributed by atoms with Crippen LogP contribution < -0.4 is 10.0 Å². The van der Waals surface area contributed by atoms with Crippen LogP contribution in [0.2, 0.25) is 5.02 Å². The number of hydrogen-bond acceptors (Lipinski definition) is 4. The van der Waals surface area contributed by atoms with Crippen molar-refractivity contribution < 1.29 is 17.6 Å². The van der Waals surface area contributed by atoms with Gasteiger partial charge in [-0.25, -0.2) is 12.8 Å². The minimum Gasteiger partial charge on any atom is -0.350 e. The van der Waals surface area contributed by atoms with Crippen molar-refractivity contribution in [2.45, 2.75) is 10.9 Å². The highest BCUT2D eigenvalue weighted by molar-refractivity contribution is 7.92. The van der Waals surface area contributed by atoms with E-state index in [1.807, 2.05) is 19.0 Å². The van der Waals surface area contributed by atoms with E-state index in [4.69, 9.17) is 11.6 Å². The quantitative estimate of drug-likeness (QED) is 0.508. The first kappa shape index (κ1) is 23.7. The Morgan fingerprint density at radius 3 is 2.28 bits per heavy atom. The van der Waals surface area contributed by atoms with Crippen molar-refractivity contribution in [3.63, 3.8) is 0 Å². The standard InChI is InChI=1S/C23H23ClFN3O3S/c1-28(2)22(17-4-3-5-19(25)14-17)15-26-23(29)16-6-12-21(13-7-16)32(30,31)27-20-10-8-18(24)9-11-20/h3-14,22,27H,15H2,1-2H3,(H,26,29). The van der Waals surface area contributed by atoms with E-state index < -0.39 is 10.0 Å². The van der Waals surface area contributed by atoms with Crippen LogP contribution in [-0.2, 0) is 10.0 Å². The van der Waals surface area contributed by atoms with Gasteiger partial charge in [-0.2, -0.15) is 0 Å². The molecule has 0 aromatic heterocycles. The summed E-state index contributed by atoms with van der Waals surface area (Å²) in [5.41, 5.74) is 1.43. The molecule has 1 amide bonds. The maximum Gasteiger partial charge on any atom is 0.261 e. The Labute approximate surface area is 192 Å². The van der Waals surface area contributed by atoms with E-state index in [-0.39, 0.29) is 29.2 Å². The predicted molar refractivity (Wildman–Crippen MR) is 124 cm³/mol. The molecule has 0 radical (unpaired) electrons. The molecule has 0 fully saturated rings. The molecule has 3 rings (SSSR count). The lowest BCUT2D eigenvalue weighted by atomic mass is 10.1. The summed E-state index contributed by atoms with van der Waals surface area (Å²) in [4.78, 5) is 14.5. The molecule has 6 nitrogen and oxygen atoms in total. The number of carbonyl (C=O) groups is 1. The normalized spacial score (nSPS) is 12.4. The van der Waals surface area contributed by atoms with E-state index in [2.05, 4.69) is 10.0 Å². The Kier molecular flexibility index (Phi) is 7.50. The molecule has 0 aliphatic heterocycles. The molecule has 2 N–H and O–H groups in total. The van der Waals surface area contributed by atoms with Crippen LogP contribution in [0, 0.1) is 5.82 Å². The first-order valence-corrected chi connectivity index (χ1v) is 11.6. The lowest BCUT2D eigenvalue weighted by Gasteiger charge is -2.25. The number of benzene rings is 3. The molecule has 1 atom stereocenters. The number of nitrogens with zero attached hydrogens (tertiary/aromatic N) is 1. The van der Waals surface area contributed by atoms with E-state index in [0.717, 1.165) is 5.56 Å². The summed E-state index contributed by atoms with van der Waals surface area (Å²) in [7, 11) is -0.128. The Hall–Kier alpha value is -2.94. The fourth-order valence-electron chi connectivity index (χ4n) is 3.12. The van der Waals surface area contributed by atoms with E-state index >= 15 is 0 Å². The first-order valence-electron chi connectivity index (χ1n) is 9.74. The summed E-state index contributed by atoms with van der Waals surface area (Å²) in [6.45, 7) is 0.257. The second-order valence-electron chi connectivity index (χ2n) is 7.38. The highest BCUT2D eigenvalue weighted by atomic mass is 35.5. The second-order valence-corrected chi connectivity index (χ2v) is 9.50. The van der Waals surface area contributed by atoms with Crippen molar-refractivity contribution in [3.8, 4) is 0 Å². The van der Waals surface area contributed by atoms with Crippen LogP contribution in [-0.4, -0.2) is 39.9 Å². The van der Waals surface area contributed by atoms with Crippen molar-refractivity contribution in [1.29, 1.82) is 0 Å². The van der Waals surface area contributed by atoms with Crippen LogP contribution in [0.4, 0.5) is 10.1 Å². The SMILES string of the molecule is CN(C)C(CNC(=O)c1ccc(S(=O)(=O)Nc2ccc(Cl)cc2)cc1)c1cccc(F)c1. The average molecular weight is 476 g/mol. The first-order chi connectivity index (χ1) is 15.2. The maximum atomic E-state index is 13.6. The molecule has 0 heterocycles. The zero-order chi connectivity index (χ0) is 23.3. The molecule has 168 valence electrons. The fraction of sp³-hybridized carbons (Fsp3) is 0.174. The molecule has 0 saturated heterocycles. The minimum atomic E-state index is -3.81. The summed E-state index contributed by atoms with van der Waals surface area (Å²) in [6, 6.07) is 17.9. The van der Waals surface area contributed by atoms with E-state index in [1.54, 1.807) is 36.4 Å². The van der Waals surface area contributed by atoms with Gasteiger partial charge >= 0.3 is 0 Å². The summed E-state index contributed by atoms with van der Waals surface area (Å²) in [5.74, 6) is -0.701. The monoisotopic (exact) mass is 475 g/mol. The number of hydrogen-bond donors (Lipinski definition) is 2. The molecule has 32 heavy (non-hydrogen) atoms. The zero-order valence-electron chi connectivity index (χ0n) is 17.5. The summed E-state index contributed by atoms with van der Waals surface area (Å²) >= 11 is 5.82. The summed E-state index contributed by atoms with van der Waals surface area (Å²) < 4.78 is 41.2. The average Bonchev–Trinajstić information content (AvgIpc) is 2.75. The number of halogens is 2. The molecule has 3 aromatic carbocycles. The topological polar surface area (TPSA) is 78.5 Å². The second kappa shape index (κ2) is 10.1. The van der Waals surface area contributed by atoms with Crippen molar-refractivity contribution in [2.24, 2.45) is 0 Å². The Balaban J connectivity index is 1.67. The molecule has 0 saturated carbocycles. The Bertz CT molecular complexity index is 1180. The third kappa shape index (κ3) is 6.06. The summed E-state index contributed by atoms with van der Waals surface area (Å²) in [6.07, 6.45) is 0. The van der Waals surface area contributed by atoms with Crippen molar-refractivity contribution >= 4 is 33.2 Å². The van der Waals surface area contributed by atoms with E-state index in [9.17, 15) is 17.6 Å². The molecular weight excluding hydrogens is 453 g/mol. The number of likely N-dealkylation sites (N-methyl/N-ethyl adjacent to an activating group) is 1. The molecular formula is C23H23ClFN3O3S. The van der Waals surface area contributed by atoms with Gasteiger partial charge < -0.3 is 10.2 Å².